The molecule has 2 aromatic heterocycles. The van der Waals surface area contributed by atoms with Crippen molar-refractivity contribution in [3.63, 3.8) is 0 Å². The van der Waals surface area contributed by atoms with Crippen molar-refractivity contribution in [2.45, 2.75) is 5.03 Å². The molecule has 0 aliphatic heterocycles. The molecule has 0 fully saturated rings. The first-order valence-corrected chi connectivity index (χ1v) is 8.43. The predicted octanol–water partition coefficient (Wildman–Crippen LogP) is 1.63. The number of imidazole rings is 1. The molecule has 8 heteroatoms. The molecule has 1 N–H and O–H groups in total. The molecule has 18 heavy (non-hydrogen) atoms. The summed E-state index contributed by atoms with van der Waals surface area (Å²) in [4.78, 5) is 4.01. The minimum Gasteiger partial charge on any atom is -0.288 e. The Kier molecular flexibility index (Phi) is 4.16. The zero-order valence-electron chi connectivity index (χ0n) is 9.63. The lowest BCUT2D eigenvalue weighted by Gasteiger charge is -2.05. The molecule has 2 rings (SSSR count). The average Bonchev–Trinajstić information content (AvgIpc) is 2.65. The maximum absolute atomic E-state index is 12.1. The Morgan fingerprint density at radius 2 is 2.28 bits per heavy atom. The van der Waals surface area contributed by atoms with Gasteiger partial charge in [-0.25, -0.2) is 18.1 Å². The van der Waals surface area contributed by atoms with Crippen LogP contribution in [0.4, 0.5) is 0 Å². The van der Waals surface area contributed by atoms with E-state index in [-0.39, 0.29) is 10.2 Å². The van der Waals surface area contributed by atoms with Crippen LogP contribution in [-0.2, 0) is 10.0 Å². The van der Waals surface area contributed by atoms with Crippen LogP contribution in [0.1, 0.15) is 0 Å². The summed E-state index contributed by atoms with van der Waals surface area (Å²) < 4.78 is 28.2. The Labute approximate surface area is 115 Å². The topological polar surface area (TPSA) is 63.5 Å². The van der Waals surface area contributed by atoms with Gasteiger partial charge in [-0.05, 0) is 18.4 Å². The monoisotopic (exact) mass is 305 g/mol. The van der Waals surface area contributed by atoms with Gasteiger partial charge in [0, 0.05) is 18.5 Å². The number of hydrogen-bond donors (Lipinski definition) is 1. The van der Waals surface area contributed by atoms with E-state index in [0.29, 0.717) is 17.9 Å². The van der Waals surface area contributed by atoms with Gasteiger partial charge in [-0.3, -0.25) is 4.40 Å². The van der Waals surface area contributed by atoms with Crippen molar-refractivity contribution in [1.82, 2.24) is 14.1 Å². The van der Waals surface area contributed by atoms with E-state index in [1.54, 1.807) is 36.2 Å². The van der Waals surface area contributed by atoms with Crippen LogP contribution in [0.3, 0.4) is 0 Å². The summed E-state index contributed by atoms with van der Waals surface area (Å²) in [7, 11) is -3.64. The van der Waals surface area contributed by atoms with Crippen LogP contribution in [0.5, 0.6) is 0 Å². The van der Waals surface area contributed by atoms with Gasteiger partial charge in [-0.1, -0.05) is 17.7 Å². The number of nitrogens with zero attached hydrogens (tertiary/aromatic N) is 2. The van der Waals surface area contributed by atoms with Crippen LogP contribution in [0.25, 0.3) is 5.65 Å². The highest BCUT2D eigenvalue weighted by atomic mass is 35.5. The quantitative estimate of drug-likeness (QED) is 0.853. The van der Waals surface area contributed by atoms with E-state index >= 15 is 0 Å². The fourth-order valence-electron chi connectivity index (χ4n) is 1.53. The molecule has 0 atom stereocenters. The highest BCUT2D eigenvalue weighted by Crippen LogP contribution is 2.22. The number of thioether (sulfide) groups is 1. The summed E-state index contributed by atoms with van der Waals surface area (Å²) >= 11 is 7.47. The molecule has 0 aromatic carbocycles. The molecular formula is C10H12ClN3O2S2. The fraction of sp³-hybridized carbons (Fsp3) is 0.300. The maximum Gasteiger partial charge on any atom is 0.259 e. The van der Waals surface area contributed by atoms with E-state index in [4.69, 9.17) is 11.6 Å². The fourth-order valence-corrected chi connectivity index (χ4v) is 3.64. The van der Waals surface area contributed by atoms with Crippen molar-refractivity contribution in [2.75, 3.05) is 18.6 Å². The molecule has 0 bridgehead atoms. The van der Waals surface area contributed by atoms with Gasteiger partial charge in [0.2, 0.25) is 0 Å². The molecule has 0 unspecified atom stereocenters. The van der Waals surface area contributed by atoms with Gasteiger partial charge in [0.25, 0.3) is 10.0 Å². The van der Waals surface area contributed by atoms with E-state index in [9.17, 15) is 8.42 Å². The second kappa shape index (κ2) is 5.48. The van der Waals surface area contributed by atoms with Gasteiger partial charge >= 0.3 is 0 Å². The SMILES string of the molecule is CSCCNS(=O)(=O)c1c(Cl)nc2ccccn12. The lowest BCUT2D eigenvalue weighted by molar-refractivity contribution is 0.579. The van der Waals surface area contributed by atoms with E-state index in [1.807, 2.05) is 6.26 Å². The van der Waals surface area contributed by atoms with Crippen LogP contribution in [0.2, 0.25) is 5.15 Å². The van der Waals surface area contributed by atoms with E-state index in [0.717, 1.165) is 0 Å². The molecule has 5 nitrogen and oxygen atoms in total. The second-order valence-corrected chi connectivity index (χ2v) is 6.55. The third-order valence-electron chi connectivity index (χ3n) is 2.30. The number of aromatic nitrogens is 2. The van der Waals surface area contributed by atoms with Crippen molar-refractivity contribution >= 4 is 39.0 Å². The zero-order valence-corrected chi connectivity index (χ0v) is 12.0. The standard InChI is InChI=1S/C10H12ClN3O2S2/c1-17-7-5-12-18(15,16)10-9(11)13-8-4-2-3-6-14(8)10/h2-4,6,12H,5,7H2,1H3. The second-order valence-electron chi connectivity index (χ2n) is 3.53. The Morgan fingerprint density at radius 3 is 3.00 bits per heavy atom. The lowest BCUT2D eigenvalue weighted by Crippen LogP contribution is -2.27. The number of pyridine rings is 1. The van der Waals surface area contributed by atoms with Gasteiger partial charge in [-0.15, -0.1) is 0 Å². The third-order valence-corrected chi connectivity index (χ3v) is 4.77. The third kappa shape index (κ3) is 2.64. The van der Waals surface area contributed by atoms with Crippen LogP contribution < -0.4 is 4.72 Å². The zero-order chi connectivity index (χ0) is 13.2. The van der Waals surface area contributed by atoms with Crippen LogP contribution in [0.15, 0.2) is 29.4 Å². The Bertz CT molecular complexity index is 654. The number of halogens is 1. The smallest absolute Gasteiger partial charge is 0.259 e. The average molecular weight is 306 g/mol. The Hall–Kier alpha value is -0.760. The van der Waals surface area contributed by atoms with Gasteiger partial charge in [0.05, 0.1) is 0 Å². The molecule has 2 aromatic rings. The largest absolute Gasteiger partial charge is 0.288 e. The van der Waals surface area contributed by atoms with Crippen molar-refractivity contribution in [3.8, 4) is 0 Å². The summed E-state index contributed by atoms with van der Waals surface area (Å²) in [6.07, 6.45) is 3.53. The molecule has 98 valence electrons. The van der Waals surface area contributed by atoms with Gasteiger partial charge < -0.3 is 0 Å². The molecule has 0 aliphatic rings. The predicted molar refractivity (Wildman–Crippen MR) is 73.8 cm³/mol. The first-order valence-electron chi connectivity index (χ1n) is 5.17. The molecule has 0 amide bonds. The van der Waals surface area contributed by atoms with Crippen molar-refractivity contribution in [3.05, 3.63) is 29.5 Å². The Morgan fingerprint density at radius 1 is 1.50 bits per heavy atom. The number of sulfonamides is 1. The van der Waals surface area contributed by atoms with Gasteiger partial charge in [0.1, 0.15) is 5.65 Å². The summed E-state index contributed by atoms with van der Waals surface area (Å²) in [5.74, 6) is 0.702. The highest BCUT2D eigenvalue weighted by molar-refractivity contribution is 7.98. The lowest BCUT2D eigenvalue weighted by atomic mass is 10.5. The van der Waals surface area contributed by atoms with E-state index < -0.39 is 10.0 Å². The normalized spacial score (nSPS) is 12.1. The molecular weight excluding hydrogens is 294 g/mol. The minimum absolute atomic E-state index is 0.0131. The molecule has 0 saturated carbocycles. The van der Waals surface area contributed by atoms with Gasteiger partial charge in [-0.2, -0.15) is 11.8 Å². The minimum atomic E-state index is -3.64. The maximum atomic E-state index is 12.1. The summed E-state index contributed by atoms with van der Waals surface area (Å²) in [5, 5.41) is -0.0290. The van der Waals surface area contributed by atoms with Crippen LogP contribution in [0, 0.1) is 0 Å². The number of hydrogen-bond acceptors (Lipinski definition) is 4. The summed E-state index contributed by atoms with van der Waals surface area (Å²) in [5.41, 5.74) is 0.507. The first kappa shape index (κ1) is 13.7. The summed E-state index contributed by atoms with van der Waals surface area (Å²) in [6, 6.07) is 5.20. The Balaban J connectivity index is 2.43. The highest BCUT2D eigenvalue weighted by Gasteiger charge is 2.23. The van der Waals surface area contributed by atoms with Crippen molar-refractivity contribution < 1.29 is 8.42 Å². The first-order chi connectivity index (χ1) is 8.56. The summed E-state index contributed by atoms with van der Waals surface area (Å²) in [6.45, 7) is 0.361. The van der Waals surface area contributed by atoms with Crippen molar-refractivity contribution in [1.29, 1.82) is 0 Å². The molecule has 0 spiro atoms. The van der Waals surface area contributed by atoms with Crippen molar-refractivity contribution in [2.24, 2.45) is 0 Å². The number of rotatable bonds is 5. The molecule has 2 heterocycles. The van der Waals surface area contributed by atoms with Crippen LogP contribution in [-0.4, -0.2) is 36.4 Å². The van der Waals surface area contributed by atoms with E-state index in [1.165, 1.54) is 4.40 Å². The molecule has 0 aliphatic carbocycles. The number of nitrogens with one attached hydrogen (secondary N) is 1. The van der Waals surface area contributed by atoms with E-state index in [2.05, 4.69) is 9.71 Å². The number of fused-ring (bicyclic) bond motifs is 1. The van der Waals surface area contributed by atoms with Gasteiger partial charge in [0.15, 0.2) is 10.2 Å². The van der Waals surface area contributed by atoms with Crippen LogP contribution >= 0.6 is 23.4 Å². The molecule has 0 radical (unpaired) electrons. The molecule has 0 saturated heterocycles.